The molecule has 0 saturated heterocycles. The molecule has 0 radical (unpaired) electrons. The number of carbonyl (C=O) groups is 1. The van der Waals surface area contributed by atoms with Gasteiger partial charge in [0.05, 0.1) is 0 Å². The van der Waals surface area contributed by atoms with Crippen molar-refractivity contribution in [3.8, 4) is 5.75 Å². The van der Waals surface area contributed by atoms with Crippen molar-refractivity contribution < 1.29 is 19.1 Å². The lowest BCUT2D eigenvalue weighted by Crippen LogP contribution is -2.04. The molecule has 0 atom stereocenters. The van der Waals surface area contributed by atoms with E-state index in [1.807, 2.05) is 12.1 Å². The van der Waals surface area contributed by atoms with Crippen LogP contribution in [0.2, 0.25) is 0 Å². The van der Waals surface area contributed by atoms with Crippen LogP contribution in [0.1, 0.15) is 16.2 Å². The topological polar surface area (TPSA) is 72.6 Å². The first-order valence-electron chi connectivity index (χ1n) is 4.71. The maximum atomic E-state index is 10.8. The fourth-order valence-electron chi connectivity index (χ4n) is 1.23. The average Bonchev–Trinajstić information content (AvgIpc) is 2.76. The standard InChI is InChI=1S/C11H8BrNO4/c12-7-1-3-8(4-2-7)16-5-9-10(11(14)15)13-6-17-9/h1-4,6H,5H2,(H,14,15). The molecule has 1 aromatic heterocycles. The fourth-order valence-corrected chi connectivity index (χ4v) is 1.49. The van der Waals surface area contributed by atoms with Gasteiger partial charge < -0.3 is 14.3 Å². The number of oxazole rings is 1. The molecule has 0 fully saturated rings. The van der Waals surface area contributed by atoms with Gasteiger partial charge in [0.1, 0.15) is 12.4 Å². The number of rotatable bonds is 4. The monoisotopic (exact) mass is 297 g/mol. The van der Waals surface area contributed by atoms with Gasteiger partial charge in [0.15, 0.2) is 17.8 Å². The van der Waals surface area contributed by atoms with E-state index < -0.39 is 5.97 Å². The fraction of sp³-hybridized carbons (Fsp3) is 0.0909. The van der Waals surface area contributed by atoms with Crippen LogP contribution in [0.3, 0.4) is 0 Å². The predicted octanol–water partition coefficient (Wildman–Crippen LogP) is 2.71. The Morgan fingerprint density at radius 3 is 2.76 bits per heavy atom. The van der Waals surface area contributed by atoms with Crippen molar-refractivity contribution in [3.05, 3.63) is 46.6 Å². The van der Waals surface area contributed by atoms with Crippen LogP contribution in [0.4, 0.5) is 0 Å². The smallest absolute Gasteiger partial charge is 0.358 e. The lowest BCUT2D eigenvalue weighted by molar-refractivity contribution is 0.0686. The molecule has 0 spiro atoms. The second kappa shape index (κ2) is 5.01. The van der Waals surface area contributed by atoms with Gasteiger partial charge in [-0.05, 0) is 24.3 Å². The van der Waals surface area contributed by atoms with E-state index in [0.717, 1.165) is 10.9 Å². The van der Waals surface area contributed by atoms with Gasteiger partial charge in [0.2, 0.25) is 0 Å². The van der Waals surface area contributed by atoms with Crippen LogP contribution in [0, 0.1) is 0 Å². The zero-order chi connectivity index (χ0) is 12.3. The number of aromatic nitrogens is 1. The number of hydrogen-bond donors (Lipinski definition) is 1. The Labute approximate surface area is 105 Å². The molecular formula is C11H8BrNO4. The van der Waals surface area contributed by atoms with Crippen LogP contribution in [-0.2, 0) is 6.61 Å². The third-order valence-electron chi connectivity index (χ3n) is 2.03. The van der Waals surface area contributed by atoms with Crippen molar-refractivity contribution in [2.45, 2.75) is 6.61 Å². The molecule has 0 unspecified atom stereocenters. The molecule has 0 bridgehead atoms. The number of benzene rings is 1. The first-order chi connectivity index (χ1) is 8.16. The lowest BCUT2D eigenvalue weighted by atomic mass is 10.3. The van der Waals surface area contributed by atoms with Crippen molar-refractivity contribution >= 4 is 21.9 Å². The molecular weight excluding hydrogens is 290 g/mol. The number of aromatic carboxylic acids is 1. The van der Waals surface area contributed by atoms with E-state index >= 15 is 0 Å². The van der Waals surface area contributed by atoms with E-state index in [1.165, 1.54) is 0 Å². The van der Waals surface area contributed by atoms with Gasteiger partial charge in [-0.15, -0.1) is 0 Å². The minimum Gasteiger partial charge on any atom is -0.486 e. The highest BCUT2D eigenvalue weighted by atomic mass is 79.9. The molecule has 2 aromatic rings. The largest absolute Gasteiger partial charge is 0.486 e. The maximum Gasteiger partial charge on any atom is 0.358 e. The van der Waals surface area contributed by atoms with Crippen LogP contribution in [-0.4, -0.2) is 16.1 Å². The molecule has 5 nitrogen and oxygen atoms in total. The van der Waals surface area contributed by atoms with E-state index in [9.17, 15) is 4.79 Å². The zero-order valence-corrected chi connectivity index (χ0v) is 10.2. The summed E-state index contributed by atoms with van der Waals surface area (Å²) in [5.41, 5.74) is -0.123. The highest BCUT2D eigenvalue weighted by Crippen LogP contribution is 2.18. The molecule has 1 N–H and O–H groups in total. The minimum atomic E-state index is -1.13. The molecule has 0 aliphatic heterocycles. The Hall–Kier alpha value is -1.82. The van der Waals surface area contributed by atoms with Gasteiger partial charge in [-0.3, -0.25) is 0 Å². The summed E-state index contributed by atoms with van der Waals surface area (Å²) in [5, 5.41) is 8.80. The molecule has 0 aliphatic carbocycles. The molecule has 0 saturated carbocycles. The van der Waals surface area contributed by atoms with Gasteiger partial charge in [-0.1, -0.05) is 15.9 Å². The second-order valence-corrected chi connectivity index (χ2v) is 4.09. The zero-order valence-electron chi connectivity index (χ0n) is 8.59. The summed E-state index contributed by atoms with van der Waals surface area (Å²) in [6.07, 6.45) is 1.09. The SMILES string of the molecule is O=C(O)c1ncoc1COc1ccc(Br)cc1. The number of halogens is 1. The Balaban J connectivity index is 2.05. The molecule has 17 heavy (non-hydrogen) atoms. The molecule has 1 heterocycles. The summed E-state index contributed by atoms with van der Waals surface area (Å²) < 4.78 is 11.3. The summed E-state index contributed by atoms with van der Waals surface area (Å²) in [7, 11) is 0. The van der Waals surface area contributed by atoms with Gasteiger partial charge in [-0.2, -0.15) is 0 Å². The summed E-state index contributed by atoms with van der Waals surface area (Å²) >= 11 is 3.30. The molecule has 0 aliphatic rings. The van der Waals surface area contributed by atoms with Gasteiger partial charge in [0, 0.05) is 4.47 Å². The van der Waals surface area contributed by atoms with E-state index in [2.05, 4.69) is 20.9 Å². The lowest BCUT2D eigenvalue weighted by Gasteiger charge is -2.04. The highest BCUT2D eigenvalue weighted by molar-refractivity contribution is 9.10. The Bertz CT molecular complexity index is 521. The number of carboxylic acids is 1. The van der Waals surface area contributed by atoms with Gasteiger partial charge in [0.25, 0.3) is 0 Å². The third kappa shape index (κ3) is 2.85. The van der Waals surface area contributed by atoms with Crippen molar-refractivity contribution in [3.63, 3.8) is 0 Å². The van der Waals surface area contributed by atoms with Crippen LogP contribution in [0.5, 0.6) is 5.75 Å². The van der Waals surface area contributed by atoms with E-state index in [1.54, 1.807) is 12.1 Å². The first kappa shape index (κ1) is 11.7. The molecule has 6 heteroatoms. The Morgan fingerprint density at radius 1 is 1.41 bits per heavy atom. The van der Waals surface area contributed by atoms with Crippen molar-refractivity contribution in [1.29, 1.82) is 0 Å². The first-order valence-corrected chi connectivity index (χ1v) is 5.50. The van der Waals surface area contributed by atoms with Crippen molar-refractivity contribution in [2.75, 3.05) is 0 Å². The normalized spacial score (nSPS) is 10.2. The van der Waals surface area contributed by atoms with Crippen LogP contribution >= 0.6 is 15.9 Å². The summed E-state index contributed by atoms with van der Waals surface area (Å²) in [4.78, 5) is 14.3. The number of hydrogen-bond acceptors (Lipinski definition) is 4. The molecule has 88 valence electrons. The summed E-state index contributed by atoms with van der Waals surface area (Å²) in [6.45, 7) is 0.0310. The number of nitrogens with zero attached hydrogens (tertiary/aromatic N) is 1. The predicted molar refractivity (Wildman–Crippen MR) is 61.9 cm³/mol. The Morgan fingerprint density at radius 2 is 2.12 bits per heavy atom. The highest BCUT2D eigenvalue weighted by Gasteiger charge is 2.15. The molecule has 0 amide bonds. The second-order valence-electron chi connectivity index (χ2n) is 3.17. The van der Waals surface area contributed by atoms with Gasteiger partial charge >= 0.3 is 5.97 Å². The number of ether oxygens (including phenoxy) is 1. The molecule has 2 rings (SSSR count). The van der Waals surface area contributed by atoms with E-state index in [4.69, 9.17) is 14.3 Å². The van der Waals surface area contributed by atoms with Crippen LogP contribution in [0.25, 0.3) is 0 Å². The van der Waals surface area contributed by atoms with E-state index in [0.29, 0.717) is 5.75 Å². The summed E-state index contributed by atoms with van der Waals surface area (Å²) in [5.74, 6) is -0.311. The minimum absolute atomic E-state index is 0.0310. The third-order valence-corrected chi connectivity index (χ3v) is 2.56. The maximum absolute atomic E-state index is 10.8. The number of carboxylic acid groups (broad SMARTS) is 1. The van der Waals surface area contributed by atoms with Crippen molar-refractivity contribution in [2.24, 2.45) is 0 Å². The molecule has 1 aromatic carbocycles. The van der Waals surface area contributed by atoms with E-state index in [-0.39, 0.29) is 18.1 Å². The van der Waals surface area contributed by atoms with Crippen LogP contribution in [0.15, 0.2) is 39.5 Å². The van der Waals surface area contributed by atoms with Crippen molar-refractivity contribution in [1.82, 2.24) is 4.98 Å². The summed E-state index contributed by atoms with van der Waals surface area (Å²) in [6, 6.07) is 7.18. The average molecular weight is 298 g/mol. The quantitative estimate of drug-likeness (QED) is 0.939. The van der Waals surface area contributed by atoms with Gasteiger partial charge in [-0.25, -0.2) is 9.78 Å². The van der Waals surface area contributed by atoms with Crippen LogP contribution < -0.4 is 4.74 Å². The Kier molecular flexibility index (Phi) is 3.43.